The van der Waals surface area contributed by atoms with Crippen molar-refractivity contribution in [1.29, 1.82) is 0 Å². The Labute approximate surface area is 120 Å². The number of hydrogen-bond acceptors (Lipinski definition) is 5. The van der Waals surface area contributed by atoms with E-state index in [9.17, 15) is 15.0 Å². The molecule has 2 heterocycles. The third kappa shape index (κ3) is 2.55. The van der Waals surface area contributed by atoms with E-state index in [1.807, 2.05) is 0 Å². The van der Waals surface area contributed by atoms with Gasteiger partial charge in [0.25, 0.3) is 0 Å². The molecule has 0 radical (unpaired) electrons. The second kappa shape index (κ2) is 5.26. The molecule has 2 aromatic rings. The molecule has 104 valence electrons. The monoisotopic (exact) mass is 289 g/mol. The Morgan fingerprint density at radius 3 is 2.90 bits per heavy atom. The maximum Gasteiger partial charge on any atom is 0.176 e. The molecule has 0 saturated heterocycles. The number of rotatable bonds is 3. The Bertz CT molecular complexity index is 650. The van der Waals surface area contributed by atoms with Gasteiger partial charge in [-0.1, -0.05) is 0 Å². The second-order valence-electron chi connectivity index (χ2n) is 4.96. The summed E-state index contributed by atoms with van der Waals surface area (Å²) in [6.07, 6.45) is 0.987. The zero-order valence-corrected chi connectivity index (χ0v) is 11.7. The highest BCUT2D eigenvalue weighted by Crippen LogP contribution is 2.26. The van der Waals surface area contributed by atoms with Crippen molar-refractivity contribution in [2.24, 2.45) is 0 Å². The van der Waals surface area contributed by atoms with E-state index >= 15 is 0 Å². The van der Waals surface area contributed by atoms with Gasteiger partial charge in [0.05, 0.1) is 6.54 Å². The number of carbonyl (C=O) groups excluding carboxylic acids is 1. The molecule has 1 aromatic carbocycles. The van der Waals surface area contributed by atoms with Gasteiger partial charge in [0.1, 0.15) is 0 Å². The van der Waals surface area contributed by atoms with Crippen LogP contribution in [-0.4, -0.2) is 34.0 Å². The molecule has 0 atom stereocenters. The quantitative estimate of drug-likeness (QED) is 0.673. The van der Waals surface area contributed by atoms with Gasteiger partial charge in [-0.2, -0.15) is 0 Å². The van der Waals surface area contributed by atoms with Gasteiger partial charge in [0.2, 0.25) is 0 Å². The van der Waals surface area contributed by atoms with Crippen LogP contribution in [0.3, 0.4) is 0 Å². The van der Waals surface area contributed by atoms with Crippen molar-refractivity contribution in [3.8, 4) is 11.5 Å². The van der Waals surface area contributed by atoms with Gasteiger partial charge in [-0.25, -0.2) is 0 Å². The lowest BCUT2D eigenvalue weighted by Gasteiger charge is -2.26. The van der Waals surface area contributed by atoms with Crippen LogP contribution >= 0.6 is 11.3 Å². The first kappa shape index (κ1) is 13.1. The summed E-state index contributed by atoms with van der Waals surface area (Å²) in [7, 11) is 0. The first-order valence-electron chi connectivity index (χ1n) is 6.46. The fourth-order valence-electron chi connectivity index (χ4n) is 2.43. The van der Waals surface area contributed by atoms with Crippen LogP contribution in [0.25, 0.3) is 0 Å². The number of ketones is 1. The summed E-state index contributed by atoms with van der Waals surface area (Å²) in [6.45, 7) is 2.01. The van der Waals surface area contributed by atoms with Gasteiger partial charge < -0.3 is 10.2 Å². The molecule has 3 rings (SSSR count). The smallest absolute Gasteiger partial charge is 0.176 e. The van der Waals surface area contributed by atoms with Gasteiger partial charge in [-0.05, 0) is 41.6 Å². The Kier molecular flexibility index (Phi) is 3.46. The van der Waals surface area contributed by atoms with E-state index in [1.165, 1.54) is 28.6 Å². The number of phenolic OH excluding ortho intramolecular Hbond substituents is 2. The molecular formula is C15H15NO3S. The molecule has 20 heavy (non-hydrogen) atoms. The number of benzene rings is 1. The van der Waals surface area contributed by atoms with E-state index in [1.54, 1.807) is 11.3 Å². The lowest BCUT2D eigenvalue weighted by molar-refractivity contribution is 0.0921. The molecule has 0 unspecified atom stereocenters. The van der Waals surface area contributed by atoms with Crippen molar-refractivity contribution < 1.29 is 15.0 Å². The van der Waals surface area contributed by atoms with E-state index in [-0.39, 0.29) is 17.3 Å². The minimum absolute atomic E-state index is 0.0426. The molecule has 1 aliphatic rings. The highest BCUT2D eigenvalue weighted by molar-refractivity contribution is 7.10. The number of hydrogen-bond donors (Lipinski definition) is 2. The van der Waals surface area contributed by atoms with Crippen LogP contribution in [0.4, 0.5) is 0 Å². The second-order valence-corrected chi connectivity index (χ2v) is 5.96. The lowest BCUT2D eigenvalue weighted by Crippen LogP contribution is -2.34. The summed E-state index contributed by atoms with van der Waals surface area (Å²) in [4.78, 5) is 15.7. The highest BCUT2D eigenvalue weighted by atomic mass is 32.1. The third-order valence-corrected chi connectivity index (χ3v) is 4.57. The Hall–Kier alpha value is -1.85. The number of phenols is 2. The summed E-state index contributed by atoms with van der Waals surface area (Å²) in [6, 6.07) is 6.31. The first-order chi connectivity index (χ1) is 9.63. The van der Waals surface area contributed by atoms with E-state index in [4.69, 9.17) is 0 Å². The number of thiophene rings is 1. The molecule has 0 bridgehead atoms. The van der Waals surface area contributed by atoms with Crippen LogP contribution in [0.1, 0.15) is 20.8 Å². The number of nitrogens with zero attached hydrogens (tertiary/aromatic N) is 1. The first-order valence-corrected chi connectivity index (χ1v) is 7.34. The maximum absolute atomic E-state index is 12.2. The lowest BCUT2D eigenvalue weighted by atomic mass is 10.1. The van der Waals surface area contributed by atoms with E-state index < -0.39 is 0 Å². The average Bonchev–Trinajstić information content (AvgIpc) is 2.89. The topological polar surface area (TPSA) is 60.8 Å². The van der Waals surface area contributed by atoms with Crippen LogP contribution in [0.5, 0.6) is 11.5 Å². The minimum atomic E-state index is -0.255. The number of fused-ring (bicyclic) bond motifs is 1. The van der Waals surface area contributed by atoms with Crippen molar-refractivity contribution in [1.82, 2.24) is 4.90 Å². The number of aromatic hydroxyl groups is 2. The molecule has 1 aromatic heterocycles. The van der Waals surface area contributed by atoms with Crippen LogP contribution in [0.15, 0.2) is 29.6 Å². The van der Waals surface area contributed by atoms with E-state index in [0.29, 0.717) is 12.1 Å². The van der Waals surface area contributed by atoms with E-state index in [2.05, 4.69) is 16.3 Å². The predicted molar refractivity (Wildman–Crippen MR) is 77.4 cm³/mol. The normalized spacial score (nSPS) is 15.0. The minimum Gasteiger partial charge on any atom is -0.504 e. The number of Topliss-reactive ketones (excluding diaryl/α,β-unsaturated/α-hetero) is 1. The SMILES string of the molecule is O=C(CN1CCc2sccc2C1)c1ccc(O)c(O)c1. The molecule has 1 aliphatic heterocycles. The van der Waals surface area contributed by atoms with Gasteiger partial charge in [-0.15, -0.1) is 11.3 Å². The van der Waals surface area contributed by atoms with Crippen LogP contribution in [-0.2, 0) is 13.0 Å². The summed E-state index contributed by atoms with van der Waals surface area (Å²) in [5.74, 6) is -0.504. The van der Waals surface area contributed by atoms with Crippen molar-refractivity contribution in [3.05, 3.63) is 45.6 Å². The van der Waals surface area contributed by atoms with Crippen molar-refractivity contribution >= 4 is 17.1 Å². The molecular weight excluding hydrogens is 274 g/mol. The van der Waals surface area contributed by atoms with Gasteiger partial charge >= 0.3 is 0 Å². The van der Waals surface area contributed by atoms with Crippen molar-refractivity contribution in [2.75, 3.05) is 13.1 Å². The Morgan fingerprint density at radius 1 is 1.25 bits per heavy atom. The molecule has 5 heteroatoms. The molecule has 2 N–H and O–H groups in total. The highest BCUT2D eigenvalue weighted by Gasteiger charge is 2.20. The molecule has 4 nitrogen and oxygen atoms in total. The van der Waals surface area contributed by atoms with Gasteiger partial charge in [0, 0.05) is 23.5 Å². The molecule has 0 spiro atoms. The van der Waals surface area contributed by atoms with Crippen LogP contribution in [0, 0.1) is 0 Å². The molecule has 0 saturated carbocycles. The zero-order valence-electron chi connectivity index (χ0n) is 10.9. The fraction of sp³-hybridized carbons (Fsp3) is 0.267. The predicted octanol–water partition coefficient (Wildman–Crippen LogP) is 2.40. The van der Waals surface area contributed by atoms with Crippen molar-refractivity contribution in [3.63, 3.8) is 0 Å². The van der Waals surface area contributed by atoms with Gasteiger partial charge in [0.15, 0.2) is 17.3 Å². The largest absolute Gasteiger partial charge is 0.504 e. The Morgan fingerprint density at radius 2 is 2.10 bits per heavy atom. The fourth-order valence-corrected chi connectivity index (χ4v) is 3.32. The maximum atomic E-state index is 12.2. The molecule has 0 fully saturated rings. The Balaban J connectivity index is 1.69. The standard InChI is InChI=1S/C15H15NO3S/c17-12-2-1-10(7-13(12)18)14(19)9-16-5-3-15-11(8-16)4-6-20-15/h1-2,4,6-7,17-18H,3,5,8-9H2. The van der Waals surface area contributed by atoms with Crippen LogP contribution in [0.2, 0.25) is 0 Å². The van der Waals surface area contributed by atoms with Crippen molar-refractivity contribution in [2.45, 2.75) is 13.0 Å². The van der Waals surface area contributed by atoms with Gasteiger partial charge in [-0.3, -0.25) is 9.69 Å². The zero-order chi connectivity index (χ0) is 14.1. The summed E-state index contributed by atoms with van der Waals surface area (Å²) >= 11 is 1.77. The molecule has 0 aliphatic carbocycles. The summed E-state index contributed by atoms with van der Waals surface area (Å²) in [5, 5.41) is 20.8. The summed E-state index contributed by atoms with van der Waals surface area (Å²) < 4.78 is 0. The van der Waals surface area contributed by atoms with Crippen LogP contribution < -0.4 is 0 Å². The third-order valence-electron chi connectivity index (χ3n) is 3.55. The van der Waals surface area contributed by atoms with E-state index in [0.717, 1.165) is 19.5 Å². The number of carbonyl (C=O) groups is 1. The summed E-state index contributed by atoms with van der Waals surface area (Å²) in [5.41, 5.74) is 1.74. The average molecular weight is 289 g/mol. The molecule has 0 amide bonds.